The Morgan fingerprint density at radius 2 is 1.94 bits per heavy atom. The molecule has 13 heteroatoms. The monoisotopic (exact) mass is 487 g/mol. The predicted molar refractivity (Wildman–Crippen MR) is 128 cm³/mol. The molecule has 0 saturated heterocycles. The summed E-state index contributed by atoms with van der Waals surface area (Å²) in [6.45, 7) is 0.429. The zero-order chi connectivity index (χ0) is 22.7. The first-order chi connectivity index (χ1) is 15.4. The van der Waals surface area contributed by atoms with Gasteiger partial charge in [0, 0.05) is 53.9 Å². The van der Waals surface area contributed by atoms with Crippen molar-refractivity contribution >= 4 is 40.7 Å². The first-order valence-electron chi connectivity index (χ1n) is 9.38. The van der Waals surface area contributed by atoms with Crippen LogP contribution in [0.2, 0.25) is 10.0 Å². The van der Waals surface area contributed by atoms with E-state index in [1.54, 1.807) is 42.9 Å². The highest BCUT2D eigenvalue weighted by molar-refractivity contribution is 6.36. The van der Waals surface area contributed by atoms with Crippen LogP contribution in [0.4, 0.5) is 17.5 Å². The lowest BCUT2D eigenvalue weighted by atomic mass is 10.1. The van der Waals surface area contributed by atoms with E-state index in [0.29, 0.717) is 57.3 Å². The maximum atomic E-state index is 10.9. The van der Waals surface area contributed by atoms with Crippen LogP contribution in [0.1, 0.15) is 5.69 Å². The number of nitrogen functional groups attached to an aromatic ring is 1. The minimum absolute atomic E-state index is 0. The molecule has 0 spiro atoms. The third-order valence-corrected chi connectivity index (χ3v) is 5.10. The summed E-state index contributed by atoms with van der Waals surface area (Å²) in [7, 11) is 0. The number of nitrogens with two attached hydrogens (primary N) is 1. The lowest BCUT2D eigenvalue weighted by Gasteiger charge is -2.12. The van der Waals surface area contributed by atoms with Gasteiger partial charge in [-0.1, -0.05) is 23.2 Å². The van der Waals surface area contributed by atoms with Gasteiger partial charge in [0.05, 0.1) is 21.2 Å². The average molecular weight is 488 g/mol. The summed E-state index contributed by atoms with van der Waals surface area (Å²) in [5.41, 5.74) is 7.97. The van der Waals surface area contributed by atoms with Gasteiger partial charge >= 0.3 is 5.69 Å². The summed E-state index contributed by atoms with van der Waals surface area (Å²) in [6.07, 6.45) is 5.45. The van der Waals surface area contributed by atoms with Crippen LogP contribution in [-0.2, 0) is 6.42 Å². The Morgan fingerprint density at radius 3 is 2.61 bits per heavy atom. The molecule has 170 valence electrons. The van der Waals surface area contributed by atoms with Crippen LogP contribution in [-0.4, -0.2) is 36.4 Å². The molecule has 7 N–H and O–H groups in total. The predicted octanol–water partition coefficient (Wildman–Crippen LogP) is 4.54. The normalized spacial score (nSPS) is 10.5. The molecule has 4 aromatic rings. The topological polar surface area (TPSA) is 184 Å². The maximum absolute atomic E-state index is 10.9. The molecule has 11 nitrogen and oxygen atoms in total. The van der Waals surface area contributed by atoms with Crippen molar-refractivity contribution in [2.75, 3.05) is 17.6 Å². The number of benzene rings is 1. The number of nitro groups is 1. The molecule has 0 saturated carbocycles. The number of halogens is 2. The van der Waals surface area contributed by atoms with Crippen molar-refractivity contribution in [3.05, 3.63) is 74.8 Å². The standard InChI is InChI=1S/C20H16Cl2N8O2.H3N/c21-11-1-3-13(15(22)9-11)17-14(19-24-7-8-25-19)10-27-20(29-17)26-6-5-12-2-4-16(30(31)32)18(23)28-12;/h1-4,7-10H,5-6H2,(H2,23,28)(H,24,25)(H,26,27,29);1H3. The molecule has 0 radical (unpaired) electrons. The Hall–Kier alpha value is -3.80. The Labute approximate surface area is 198 Å². The first-order valence-corrected chi connectivity index (χ1v) is 10.1. The highest BCUT2D eigenvalue weighted by Gasteiger charge is 2.17. The van der Waals surface area contributed by atoms with E-state index in [4.69, 9.17) is 28.9 Å². The number of rotatable bonds is 7. The van der Waals surface area contributed by atoms with Crippen LogP contribution >= 0.6 is 23.2 Å². The number of nitrogens with zero attached hydrogens (tertiary/aromatic N) is 5. The van der Waals surface area contributed by atoms with Gasteiger partial charge in [0.1, 0.15) is 5.82 Å². The van der Waals surface area contributed by atoms with Crippen molar-refractivity contribution in [3.8, 4) is 22.6 Å². The summed E-state index contributed by atoms with van der Waals surface area (Å²) in [5.74, 6) is 0.852. The smallest absolute Gasteiger partial charge is 0.311 e. The van der Waals surface area contributed by atoms with Crippen molar-refractivity contribution in [2.45, 2.75) is 6.42 Å². The van der Waals surface area contributed by atoms with E-state index in [1.807, 2.05) is 0 Å². The fourth-order valence-corrected chi connectivity index (χ4v) is 3.54. The highest BCUT2D eigenvalue weighted by Crippen LogP contribution is 2.35. The summed E-state index contributed by atoms with van der Waals surface area (Å²) in [6, 6.07) is 8.06. The fraction of sp³-hybridized carbons (Fsp3) is 0.100. The molecule has 0 unspecified atom stereocenters. The molecule has 0 bridgehead atoms. The van der Waals surface area contributed by atoms with E-state index in [0.717, 1.165) is 0 Å². The second-order valence-electron chi connectivity index (χ2n) is 6.66. The van der Waals surface area contributed by atoms with Gasteiger partial charge in [-0.2, -0.15) is 0 Å². The number of aromatic nitrogens is 5. The number of aromatic amines is 1. The van der Waals surface area contributed by atoms with Crippen LogP contribution in [0.3, 0.4) is 0 Å². The molecule has 0 aliphatic carbocycles. The minimum Gasteiger partial charge on any atom is -0.378 e. The zero-order valence-electron chi connectivity index (χ0n) is 17.1. The number of pyridine rings is 1. The summed E-state index contributed by atoms with van der Waals surface area (Å²) in [5, 5.41) is 15.0. The maximum Gasteiger partial charge on any atom is 0.311 e. The minimum atomic E-state index is -0.567. The van der Waals surface area contributed by atoms with Gasteiger partial charge in [0.2, 0.25) is 11.8 Å². The quantitative estimate of drug-likeness (QED) is 0.214. The second-order valence-corrected chi connectivity index (χ2v) is 7.50. The van der Waals surface area contributed by atoms with E-state index in [1.165, 1.54) is 6.07 Å². The van der Waals surface area contributed by atoms with Crippen LogP contribution in [0.15, 0.2) is 48.9 Å². The van der Waals surface area contributed by atoms with Gasteiger partial charge in [0.15, 0.2) is 0 Å². The molecule has 0 atom stereocenters. The van der Waals surface area contributed by atoms with E-state index >= 15 is 0 Å². The van der Waals surface area contributed by atoms with Crippen molar-refractivity contribution in [1.82, 2.24) is 31.1 Å². The van der Waals surface area contributed by atoms with Crippen LogP contribution in [0, 0.1) is 10.1 Å². The van der Waals surface area contributed by atoms with E-state index in [-0.39, 0.29) is 17.7 Å². The lowest BCUT2D eigenvalue weighted by molar-refractivity contribution is -0.384. The molecular formula is C20H19Cl2N9O2. The van der Waals surface area contributed by atoms with Crippen LogP contribution in [0.25, 0.3) is 22.6 Å². The largest absolute Gasteiger partial charge is 0.378 e. The molecule has 4 rings (SSSR count). The Balaban J connectivity index is 0.00000306. The van der Waals surface area contributed by atoms with Crippen LogP contribution < -0.4 is 17.2 Å². The van der Waals surface area contributed by atoms with Crippen molar-refractivity contribution in [1.29, 1.82) is 0 Å². The van der Waals surface area contributed by atoms with Gasteiger partial charge < -0.3 is 22.2 Å². The zero-order valence-corrected chi connectivity index (χ0v) is 18.6. The SMILES string of the molecule is N.Nc1nc(CCNc2ncc(-c3ncc[nH]3)c(-c3ccc(Cl)cc3Cl)n2)ccc1[N+](=O)[O-]. The number of nitrogens with one attached hydrogen (secondary N) is 2. The number of hydrogen-bond acceptors (Lipinski definition) is 9. The van der Waals surface area contributed by atoms with Gasteiger partial charge in [0.25, 0.3) is 0 Å². The van der Waals surface area contributed by atoms with Gasteiger partial charge in [-0.05, 0) is 24.3 Å². The van der Waals surface area contributed by atoms with E-state index in [2.05, 4.69) is 30.2 Å². The molecular weight excluding hydrogens is 469 g/mol. The van der Waals surface area contributed by atoms with Gasteiger partial charge in [-0.25, -0.2) is 19.9 Å². The summed E-state index contributed by atoms with van der Waals surface area (Å²) in [4.78, 5) is 30.7. The second kappa shape index (κ2) is 10.2. The molecule has 3 heterocycles. The average Bonchev–Trinajstić information content (AvgIpc) is 3.28. The molecule has 0 aliphatic heterocycles. The number of H-pyrrole nitrogens is 1. The highest BCUT2D eigenvalue weighted by atomic mass is 35.5. The molecule has 0 aliphatic rings. The van der Waals surface area contributed by atoms with E-state index < -0.39 is 4.92 Å². The van der Waals surface area contributed by atoms with Crippen molar-refractivity contribution in [2.24, 2.45) is 0 Å². The fourth-order valence-electron chi connectivity index (χ4n) is 3.05. The van der Waals surface area contributed by atoms with Gasteiger partial charge in [-0.3, -0.25) is 10.1 Å². The molecule has 0 fully saturated rings. The van der Waals surface area contributed by atoms with E-state index in [9.17, 15) is 10.1 Å². The Bertz CT molecular complexity index is 1280. The van der Waals surface area contributed by atoms with Crippen molar-refractivity contribution < 1.29 is 4.92 Å². The third-order valence-electron chi connectivity index (χ3n) is 4.55. The molecule has 1 aromatic carbocycles. The Kier molecular flexibility index (Phi) is 7.38. The number of imidazole rings is 1. The molecule has 3 aromatic heterocycles. The summed E-state index contributed by atoms with van der Waals surface area (Å²) >= 11 is 12.5. The van der Waals surface area contributed by atoms with Crippen molar-refractivity contribution in [3.63, 3.8) is 0 Å². The lowest BCUT2D eigenvalue weighted by Crippen LogP contribution is -2.10. The number of anilines is 2. The molecule has 0 amide bonds. The molecule has 33 heavy (non-hydrogen) atoms. The number of hydrogen-bond donors (Lipinski definition) is 4. The van der Waals surface area contributed by atoms with Gasteiger partial charge in [-0.15, -0.1) is 0 Å². The first kappa shape index (κ1) is 23.9. The van der Waals surface area contributed by atoms with Crippen LogP contribution in [0.5, 0.6) is 0 Å². The third kappa shape index (κ3) is 5.34. The Morgan fingerprint density at radius 1 is 1.12 bits per heavy atom. The summed E-state index contributed by atoms with van der Waals surface area (Å²) < 4.78 is 0.